The van der Waals surface area contributed by atoms with Crippen molar-refractivity contribution < 1.29 is 9.84 Å². The fourth-order valence-corrected chi connectivity index (χ4v) is 1.58. The maximum atomic E-state index is 8.96. The molecule has 1 atom stereocenters. The summed E-state index contributed by atoms with van der Waals surface area (Å²) in [5.74, 6) is 7.11. The summed E-state index contributed by atoms with van der Waals surface area (Å²) in [7, 11) is 1.58. The number of rotatable bonds is 8. The number of aliphatic hydroxyl groups excluding tert-OH is 1. The van der Waals surface area contributed by atoms with Crippen LogP contribution in [0.5, 0.6) is 0 Å². The van der Waals surface area contributed by atoms with Gasteiger partial charge in [0.1, 0.15) is 18.2 Å². The van der Waals surface area contributed by atoms with Crippen molar-refractivity contribution in [2.24, 2.45) is 5.84 Å². The summed E-state index contributed by atoms with van der Waals surface area (Å²) in [6.45, 7) is 2.51. The summed E-state index contributed by atoms with van der Waals surface area (Å²) in [5, 5.41) is 12.2. The fourth-order valence-electron chi connectivity index (χ4n) is 1.58. The predicted octanol–water partition coefficient (Wildman–Crippen LogP) is 0.481. The molecule has 0 amide bonds. The number of aromatic nitrogens is 2. The molecule has 1 rings (SSSR count). The summed E-state index contributed by atoms with van der Waals surface area (Å²) >= 11 is 0. The molecule has 0 radical (unpaired) electrons. The van der Waals surface area contributed by atoms with Gasteiger partial charge in [-0.25, -0.2) is 15.8 Å². The van der Waals surface area contributed by atoms with Crippen LogP contribution in [0.4, 0.5) is 11.6 Å². The van der Waals surface area contributed by atoms with Gasteiger partial charge in [0.25, 0.3) is 0 Å². The first kappa shape index (κ1) is 14.6. The van der Waals surface area contributed by atoms with Gasteiger partial charge in [-0.2, -0.15) is 0 Å². The minimum Gasteiger partial charge on any atom is -0.396 e. The molecule has 0 saturated heterocycles. The lowest BCUT2D eigenvalue weighted by Gasteiger charge is -2.17. The van der Waals surface area contributed by atoms with Gasteiger partial charge in [0.15, 0.2) is 5.82 Å². The van der Waals surface area contributed by atoms with Crippen LogP contribution in [0.15, 0.2) is 6.07 Å². The summed E-state index contributed by atoms with van der Waals surface area (Å²) in [4.78, 5) is 8.48. The number of hydrazine groups is 1. The normalized spacial score (nSPS) is 12.2. The molecule has 0 spiro atoms. The Hall–Kier alpha value is -1.44. The molecule has 1 heterocycles. The molecule has 0 aromatic carbocycles. The number of hydrogen-bond acceptors (Lipinski definition) is 7. The van der Waals surface area contributed by atoms with Crippen LogP contribution in [-0.2, 0) is 11.3 Å². The molecule has 102 valence electrons. The Morgan fingerprint density at radius 3 is 2.72 bits per heavy atom. The van der Waals surface area contributed by atoms with Gasteiger partial charge in [-0.1, -0.05) is 6.92 Å². The van der Waals surface area contributed by atoms with E-state index in [-0.39, 0.29) is 12.6 Å². The number of nitrogens with two attached hydrogens (primary N) is 1. The van der Waals surface area contributed by atoms with Gasteiger partial charge >= 0.3 is 0 Å². The maximum absolute atomic E-state index is 8.96. The predicted molar refractivity (Wildman–Crippen MR) is 70.0 cm³/mol. The van der Waals surface area contributed by atoms with Crippen molar-refractivity contribution >= 4 is 11.6 Å². The lowest BCUT2D eigenvalue weighted by Crippen LogP contribution is -2.21. The summed E-state index contributed by atoms with van der Waals surface area (Å²) < 4.78 is 5.00. The van der Waals surface area contributed by atoms with Crippen LogP contribution in [0.2, 0.25) is 0 Å². The van der Waals surface area contributed by atoms with E-state index in [1.807, 2.05) is 6.92 Å². The van der Waals surface area contributed by atoms with Crippen molar-refractivity contribution in [3.05, 3.63) is 11.9 Å². The van der Waals surface area contributed by atoms with Crippen LogP contribution in [0.3, 0.4) is 0 Å². The lowest BCUT2D eigenvalue weighted by atomic mass is 10.1. The van der Waals surface area contributed by atoms with Crippen LogP contribution in [-0.4, -0.2) is 34.8 Å². The van der Waals surface area contributed by atoms with Gasteiger partial charge in [0.05, 0.1) is 0 Å². The quantitative estimate of drug-likeness (QED) is 0.395. The van der Waals surface area contributed by atoms with Gasteiger partial charge in [0, 0.05) is 25.8 Å². The van der Waals surface area contributed by atoms with Crippen LogP contribution < -0.4 is 16.6 Å². The Morgan fingerprint density at radius 2 is 2.17 bits per heavy atom. The second-order valence-corrected chi connectivity index (χ2v) is 3.89. The Bertz CT molecular complexity index is 361. The minimum atomic E-state index is 0.142. The van der Waals surface area contributed by atoms with E-state index in [1.54, 1.807) is 13.2 Å². The van der Waals surface area contributed by atoms with Crippen molar-refractivity contribution in [1.29, 1.82) is 0 Å². The molecule has 0 bridgehead atoms. The summed E-state index contributed by atoms with van der Waals surface area (Å²) in [6.07, 6.45) is 1.57. The molecule has 0 aliphatic heterocycles. The second kappa shape index (κ2) is 7.80. The molecule has 0 fully saturated rings. The number of nitrogens with zero attached hydrogens (tertiary/aromatic N) is 2. The molecule has 7 nitrogen and oxygen atoms in total. The van der Waals surface area contributed by atoms with Crippen LogP contribution >= 0.6 is 0 Å². The zero-order valence-electron chi connectivity index (χ0n) is 10.8. The monoisotopic (exact) mass is 255 g/mol. The minimum absolute atomic E-state index is 0.142. The highest BCUT2D eigenvalue weighted by Crippen LogP contribution is 2.14. The molecule has 7 heteroatoms. The van der Waals surface area contributed by atoms with E-state index in [1.165, 1.54) is 0 Å². The zero-order chi connectivity index (χ0) is 13.4. The standard InChI is InChI=1S/C11H21N5O2/c1-3-8(4-5-17)13-9-6-10(16-12)15-11(14-9)7-18-2/h6,8,17H,3-5,7,12H2,1-2H3,(H2,13,14,15,16). The Balaban J connectivity index is 2.82. The summed E-state index contributed by atoms with van der Waals surface area (Å²) in [5.41, 5.74) is 2.49. The second-order valence-electron chi connectivity index (χ2n) is 3.89. The number of aliphatic hydroxyl groups is 1. The number of ether oxygens (including phenoxy) is 1. The van der Waals surface area contributed by atoms with Crippen LogP contribution in [0.25, 0.3) is 0 Å². The Kier molecular flexibility index (Phi) is 6.34. The molecule has 1 aromatic rings. The van der Waals surface area contributed by atoms with E-state index in [4.69, 9.17) is 15.7 Å². The number of nitrogens with one attached hydrogen (secondary N) is 2. The Morgan fingerprint density at radius 1 is 1.44 bits per heavy atom. The van der Waals surface area contributed by atoms with Gasteiger partial charge in [-0.3, -0.25) is 0 Å². The average molecular weight is 255 g/mol. The highest BCUT2D eigenvalue weighted by molar-refractivity contribution is 5.47. The van der Waals surface area contributed by atoms with Crippen molar-refractivity contribution in [1.82, 2.24) is 9.97 Å². The first-order valence-corrected chi connectivity index (χ1v) is 5.94. The third-order valence-electron chi connectivity index (χ3n) is 2.52. The molecule has 1 unspecified atom stereocenters. The highest BCUT2D eigenvalue weighted by Gasteiger charge is 2.09. The number of nitrogen functional groups attached to an aromatic ring is 1. The lowest BCUT2D eigenvalue weighted by molar-refractivity contribution is 0.178. The van der Waals surface area contributed by atoms with E-state index >= 15 is 0 Å². The first-order valence-electron chi connectivity index (χ1n) is 5.94. The number of hydrogen-bond donors (Lipinski definition) is 4. The molecule has 1 aromatic heterocycles. The molecule has 5 N–H and O–H groups in total. The SMILES string of the molecule is CCC(CCO)Nc1cc(NN)nc(COC)n1. The number of anilines is 2. The largest absolute Gasteiger partial charge is 0.396 e. The molecule has 0 saturated carbocycles. The summed E-state index contributed by atoms with van der Waals surface area (Å²) in [6, 6.07) is 1.89. The number of methoxy groups -OCH3 is 1. The van der Waals surface area contributed by atoms with E-state index < -0.39 is 0 Å². The Labute approximate surface area is 107 Å². The molecular weight excluding hydrogens is 234 g/mol. The van der Waals surface area contributed by atoms with Gasteiger partial charge < -0.3 is 20.6 Å². The van der Waals surface area contributed by atoms with Crippen LogP contribution in [0, 0.1) is 0 Å². The molecule has 0 aliphatic rings. The van der Waals surface area contributed by atoms with E-state index in [0.29, 0.717) is 30.5 Å². The van der Waals surface area contributed by atoms with E-state index in [0.717, 1.165) is 6.42 Å². The highest BCUT2D eigenvalue weighted by atomic mass is 16.5. The first-order chi connectivity index (χ1) is 8.73. The third kappa shape index (κ3) is 4.44. The van der Waals surface area contributed by atoms with Crippen molar-refractivity contribution in [3.63, 3.8) is 0 Å². The molecule has 0 aliphatic carbocycles. The maximum Gasteiger partial charge on any atom is 0.158 e. The van der Waals surface area contributed by atoms with E-state index in [9.17, 15) is 0 Å². The van der Waals surface area contributed by atoms with Crippen LogP contribution in [0.1, 0.15) is 25.6 Å². The van der Waals surface area contributed by atoms with Gasteiger partial charge in [-0.15, -0.1) is 0 Å². The average Bonchev–Trinajstić information content (AvgIpc) is 2.38. The van der Waals surface area contributed by atoms with Crippen molar-refractivity contribution in [2.75, 3.05) is 24.5 Å². The fraction of sp³-hybridized carbons (Fsp3) is 0.636. The molecule has 18 heavy (non-hydrogen) atoms. The van der Waals surface area contributed by atoms with Crippen molar-refractivity contribution in [2.45, 2.75) is 32.4 Å². The van der Waals surface area contributed by atoms with E-state index in [2.05, 4.69) is 20.7 Å². The van der Waals surface area contributed by atoms with Crippen molar-refractivity contribution in [3.8, 4) is 0 Å². The molecular formula is C11H21N5O2. The third-order valence-corrected chi connectivity index (χ3v) is 2.52. The van der Waals surface area contributed by atoms with Gasteiger partial charge in [0.2, 0.25) is 0 Å². The topological polar surface area (TPSA) is 105 Å². The smallest absolute Gasteiger partial charge is 0.158 e. The van der Waals surface area contributed by atoms with Gasteiger partial charge in [-0.05, 0) is 12.8 Å². The zero-order valence-corrected chi connectivity index (χ0v) is 10.8.